The van der Waals surface area contributed by atoms with Crippen LogP contribution in [0.5, 0.6) is 11.6 Å². The molecule has 0 aliphatic carbocycles. The predicted molar refractivity (Wildman–Crippen MR) is 81.3 cm³/mol. The van der Waals surface area contributed by atoms with Crippen molar-refractivity contribution in [2.24, 2.45) is 0 Å². The van der Waals surface area contributed by atoms with Crippen molar-refractivity contribution >= 4 is 5.82 Å². The van der Waals surface area contributed by atoms with Crippen molar-refractivity contribution in [3.8, 4) is 11.6 Å². The Morgan fingerprint density at radius 1 is 1.05 bits per heavy atom. The van der Waals surface area contributed by atoms with E-state index in [0.29, 0.717) is 17.5 Å². The van der Waals surface area contributed by atoms with E-state index in [9.17, 15) is 0 Å². The number of ether oxygens (including phenoxy) is 1. The summed E-state index contributed by atoms with van der Waals surface area (Å²) in [5.41, 5.74) is 9.02. The molecular weight excluding hydrogens is 250 g/mol. The molecule has 1 aromatic heterocycles. The van der Waals surface area contributed by atoms with Gasteiger partial charge in [0.05, 0.1) is 5.56 Å². The molecule has 0 radical (unpaired) electrons. The molecule has 0 saturated carbocycles. The molecule has 0 aliphatic heterocycles. The summed E-state index contributed by atoms with van der Waals surface area (Å²) in [5.74, 6) is 2.73. The number of nitrogen functional groups attached to an aromatic ring is 1. The molecule has 0 fully saturated rings. The highest BCUT2D eigenvalue weighted by atomic mass is 16.5. The first kappa shape index (κ1) is 14.3. The zero-order valence-corrected chi connectivity index (χ0v) is 12.7. The Hall–Kier alpha value is -2.10. The maximum absolute atomic E-state index is 5.96. The topological polar surface area (TPSA) is 61.0 Å². The number of benzene rings is 1. The van der Waals surface area contributed by atoms with Crippen LogP contribution in [0, 0.1) is 20.8 Å². The van der Waals surface area contributed by atoms with Crippen molar-refractivity contribution in [1.82, 2.24) is 9.97 Å². The SMILES string of the molecule is Cc1cccc(Oc2nc(C(C)C)nc(N)c2C)c1C. The molecule has 1 heterocycles. The lowest BCUT2D eigenvalue weighted by Crippen LogP contribution is -2.06. The summed E-state index contributed by atoms with van der Waals surface area (Å²) < 4.78 is 5.96. The largest absolute Gasteiger partial charge is 0.438 e. The Bertz CT molecular complexity index is 636. The zero-order valence-electron chi connectivity index (χ0n) is 12.7. The number of nitrogens with two attached hydrogens (primary N) is 1. The molecule has 0 saturated heterocycles. The normalized spacial score (nSPS) is 10.9. The van der Waals surface area contributed by atoms with Crippen molar-refractivity contribution in [2.45, 2.75) is 40.5 Å². The van der Waals surface area contributed by atoms with Crippen LogP contribution < -0.4 is 10.5 Å². The molecule has 1 aromatic carbocycles. The van der Waals surface area contributed by atoms with E-state index in [1.807, 2.05) is 39.8 Å². The van der Waals surface area contributed by atoms with E-state index in [0.717, 1.165) is 16.9 Å². The van der Waals surface area contributed by atoms with Gasteiger partial charge in [-0.2, -0.15) is 4.98 Å². The molecule has 0 atom stereocenters. The van der Waals surface area contributed by atoms with Gasteiger partial charge in [0.2, 0.25) is 5.88 Å². The van der Waals surface area contributed by atoms with Gasteiger partial charge in [-0.3, -0.25) is 0 Å². The van der Waals surface area contributed by atoms with E-state index >= 15 is 0 Å². The van der Waals surface area contributed by atoms with Gasteiger partial charge in [-0.1, -0.05) is 26.0 Å². The first-order valence-electron chi connectivity index (χ1n) is 6.78. The van der Waals surface area contributed by atoms with Gasteiger partial charge in [-0.05, 0) is 38.0 Å². The second-order valence-corrected chi connectivity index (χ2v) is 5.35. The van der Waals surface area contributed by atoms with Gasteiger partial charge in [0.25, 0.3) is 0 Å². The third-order valence-electron chi connectivity index (χ3n) is 3.43. The molecule has 0 bridgehead atoms. The first-order valence-corrected chi connectivity index (χ1v) is 6.78. The van der Waals surface area contributed by atoms with Crippen molar-refractivity contribution < 1.29 is 4.74 Å². The monoisotopic (exact) mass is 271 g/mol. The molecule has 4 nitrogen and oxygen atoms in total. The second kappa shape index (κ2) is 5.49. The quantitative estimate of drug-likeness (QED) is 0.919. The standard InChI is InChI=1S/C16H21N3O/c1-9(2)15-18-14(17)12(5)16(19-15)20-13-8-6-7-10(3)11(13)4/h6-9H,1-5H3,(H2,17,18,19). The highest BCUT2D eigenvalue weighted by Crippen LogP contribution is 2.30. The Kier molecular flexibility index (Phi) is 3.93. The molecule has 0 amide bonds. The maximum Gasteiger partial charge on any atom is 0.227 e. The van der Waals surface area contributed by atoms with E-state index in [2.05, 4.69) is 23.0 Å². The van der Waals surface area contributed by atoms with Crippen LogP contribution in [0.25, 0.3) is 0 Å². The summed E-state index contributed by atoms with van der Waals surface area (Å²) in [6.45, 7) is 10.0. The third kappa shape index (κ3) is 2.74. The highest BCUT2D eigenvalue weighted by molar-refractivity contribution is 5.48. The predicted octanol–water partition coefficient (Wildman–Crippen LogP) is 3.90. The highest BCUT2D eigenvalue weighted by Gasteiger charge is 2.14. The molecule has 2 N–H and O–H groups in total. The molecule has 0 spiro atoms. The Morgan fingerprint density at radius 3 is 2.40 bits per heavy atom. The van der Waals surface area contributed by atoms with Gasteiger partial charge < -0.3 is 10.5 Å². The number of hydrogen-bond acceptors (Lipinski definition) is 4. The second-order valence-electron chi connectivity index (χ2n) is 5.35. The van der Waals surface area contributed by atoms with E-state index in [1.165, 1.54) is 5.56 Å². The summed E-state index contributed by atoms with van der Waals surface area (Å²) in [6.07, 6.45) is 0. The Labute approximate surface area is 120 Å². The molecule has 4 heteroatoms. The van der Waals surface area contributed by atoms with E-state index in [-0.39, 0.29) is 5.92 Å². The number of rotatable bonds is 3. The van der Waals surface area contributed by atoms with Crippen LogP contribution in [0.1, 0.15) is 42.3 Å². The molecular formula is C16H21N3O. The van der Waals surface area contributed by atoms with Crippen LogP contribution in [-0.4, -0.2) is 9.97 Å². The van der Waals surface area contributed by atoms with Crippen LogP contribution in [0.2, 0.25) is 0 Å². The Morgan fingerprint density at radius 2 is 1.75 bits per heavy atom. The molecule has 2 rings (SSSR count). The number of aromatic nitrogens is 2. The minimum absolute atomic E-state index is 0.207. The van der Waals surface area contributed by atoms with Crippen molar-refractivity contribution in [3.63, 3.8) is 0 Å². The van der Waals surface area contributed by atoms with Gasteiger partial charge in [-0.25, -0.2) is 4.98 Å². The van der Waals surface area contributed by atoms with Crippen molar-refractivity contribution in [1.29, 1.82) is 0 Å². The fourth-order valence-electron chi connectivity index (χ4n) is 1.83. The average molecular weight is 271 g/mol. The minimum Gasteiger partial charge on any atom is -0.438 e. The first-order chi connectivity index (χ1) is 9.40. The van der Waals surface area contributed by atoms with Crippen LogP contribution in [0.3, 0.4) is 0 Å². The Balaban J connectivity index is 2.45. The van der Waals surface area contributed by atoms with Gasteiger partial charge in [-0.15, -0.1) is 0 Å². The lowest BCUT2D eigenvalue weighted by molar-refractivity contribution is 0.449. The van der Waals surface area contributed by atoms with E-state index < -0.39 is 0 Å². The summed E-state index contributed by atoms with van der Waals surface area (Å²) >= 11 is 0. The lowest BCUT2D eigenvalue weighted by Gasteiger charge is -2.14. The summed E-state index contributed by atoms with van der Waals surface area (Å²) in [5, 5.41) is 0. The molecule has 0 unspecified atom stereocenters. The number of nitrogens with zero attached hydrogens (tertiary/aromatic N) is 2. The average Bonchev–Trinajstić information content (AvgIpc) is 2.39. The molecule has 0 aliphatic rings. The van der Waals surface area contributed by atoms with Crippen molar-refractivity contribution in [2.75, 3.05) is 5.73 Å². The number of aryl methyl sites for hydroxylation is 1. The van der Waals surface area contributed by atoms with E-state index in [1.54, 1.807) is 0 Å². The van der Waals surface area contributed by atoms with Gasteiger partial charge in [0.15, 0.2) is 0 Å². The molecule has 106 valence electrons. The maximum atomic E-state index is 5.96. The smallest absolute Gasteiger partial charge is 0.227 e. The zero-order chi connectivity index (χ0) is 14.9. The van der Waals surface area contributed by atoms with Crippen LogP contribution in [0.15, 0.2) is 18.2 Å². The minimum atomic E-state index is 0.207. The van der Waals surface area contributed by atoms with Crippen LogP contribution in [0.4, 0.5) is 5.82 Å². The fraction of sp³-hybridized carbons (Fsp3) is 0.375. The molecule has 2 aromatic rings. The fourth-order valence-corrected chi connectivity index (χ4v) is 1.83. The van der Waals surface area contributed by atoms with Crippen LogP contribution >= 0.6 is 0 Å². The van der Waals surface area contributed by atoms with Gasteiger partial charge in [0.1, 0.15) is 17.4 Å². The van der Waals surface area contributed by atoms with E-state index in [4.69, 9.17) is 10.5 Å². The van der Waals surface area contributed by atoms with Gasteiger partial charge in [0, 0.05) is 5.92 Å². The summed E-state index contributed by atoms with van der Waals surface area (Å²) in [7, 11) is 0. The summed E-state index contributed by atoms with van der Waals surface area (Å²) in [6, 6.07) is 5.97. The van der Waals surface area contributed by atoms with Crippen molar-refractivity contribution in [3.05, 3.63) is 40.7 Å². The summed E-state index contributed by atoms with van der Waals surface area (Å²) in [4.78, 5) is 8.79. The van der Waals surface area contributed by atoms with Crippen LogP contribution in [-0.2, 0) is 0 Å². The number of hydrogen-bond donors (Lipinski definition) is 1. The van der Waals surface area contributed by atoms with Gasteiger partial charge >= 0.3 is 0 Å². The third-order valence-corrected chi connectivity index (χ3v) is 3.43. The molecule has 20 heavy (non-hydrogen) atoms. The lowest BCUT2D eigenvalue weighted by atomic mass is 10.1. The number of anilines is 1.